The summed E-state index contributed by atoms with van der Waals surface area (Å²) in [6, 6.07) is 1.97. The van der Waals surface area contributed by atoms with Gasteiger partial charge in [-0.1, -0.05) is 51.9 Å². The summed E-state index contributed by atoms with van der Waals surface area (Å²) in [5.41, 5.74) is 1.27. The third kappa shape index (κ3) is 6.76. The maximum atomic E-state index is 11.3. The fraction of sp³-hybridized carbons (Fsp3) is 0.688. The van der Waals surface area contributed by atoms with E-state index in [-0.39, 0.29) is 5.97 Å². The number of aryl methyl sites for hydroxylation is 1. The molecule has 0 fully saturated rings. The van der Waals surface area contributed by atoms with Crippen LogP contribution in [0.2, 0.25) is 0 Å². The van der Waals surface area contributed by atoms with Crippen molar-refractivity contribution in [3.05, 3.63) is 21.9 Å². The minimum Gasteiger partial charge on any atom is -0.465 e. The van der Waals surface area contributed by atoms with Crippen LogP contribution in [0.4, 0.5) is 0 Å². The quantitative estimate of drug-likeness (QED) is 0.434. The van der Waals surface area contributed by atoms with E-state index in [2.05, 4.69) is 12.3 Å². The monoisotopic (exact) mass is 282 g/mol. The summed E-state index contributed by atoms with van der Waals surface area (Å²) in [4.78, 5) is 12.0. The van der Waals surface area contributed by atoms with E-state index >= 15 is 0 Å². The van der Waals surface area contributed by atoms with Crippen molar-refractivity contribution in [3.63, 3.8) is 0 Å². The molecule has 3 heteroatoms. The van der Waals surface area contributed by atoms with Crippen molar-refractivity contribution in [1.29, 1.82) is 0 Å². The molecule has 0 atom stereocenters. The predicted molar refractivity (Wildman–Crippen MR) is 82.0 cm³/mol. The molecule has 0 saturated heterocycles. The Morgan fingerprint density at radius 2 is 1.74 bits per heavy atom. The molecule has 0 bridgehead atoms. The molecule has 2 nitrogen and oxygen atoms in total. The van der Waals surface area contributed by atoms with E-state index in [0.29, 0.717) is 0 Å². The van der Waals surface area contributed by atoms with Crippen LogP contribution in [0.1, 0.15) is 73.5 Å². The first kappa shape index (κ1) is 16.2. The van der Waals surface area contributed by atoms with Crippen molar-refractivity contribution in [1.82, 2.24) is 0 Å². The predicted octanol–water partition coefficient (Wildman–Crippen LogP) is 5.22. The summed E-state index contributed by atoms with van der Waals surface area (Å²) in [6.07, 6.45) is 11.8. The van der Waals surface area contributed by atoms with Gasteiger partial charge in [0.25, 0.3) is 0 Å². The van der Waals surface area contributed by atoms with E-state index < -0.39 is 0 Å². The van der Waals surface area contributed by atoms with Crippen molar-refractivity contribution >= 4 is 17.3 Å². The van der Waals surface area contributed by atoms with E-state index in [1.54, 1.807) is 0 Å². The highest BCUT2D eigenvalue weighted by Gasteiger charge is 2.08. The van der Waals surface area contributed by atoms with Crippen LogP contribution in [-0.4, -0.2) is 13.1 Å². The zero-order chi connectivity index (χ0) is 13.9. The zero-order valence-corrected chi connectivity index (χ0v) is 13.1. The van der Waals surface area contributed by atoms with Gasteiger partial charge >= 0.3 is 5.97 Å². The number of methoxy groups -OCH3 is 1. The van der Waals surface area contributed by atoms with Gasteiger partial charge in [-0.05, 0) is 29.9 Å². The molecule has 108 valence electrons. The second-order valence-electron chi connectivity index (χ2n) is 5.04. The molecule has 1 heterocycles. The standard InChI is InChI=1S/C16H26O2S/c1-3-4-5-6-7-8-9-10-11-14-12-15(19-13-14)16(17)18-2/h12-13H,3-11H2,1-2H3. The lowest BCUT2D eigenvalue weighted by Crippen LogP contribution is -1.97. The lowest BCUT2D eigenvalue weighted by molar-refractivity contribution is 0.0606. The molecule has 0 spiro atoms. The molecule has 0 N–H and O–H groups in total. The number of hydrogen-bond acceptors (Lipinski definition) is 3. The van der Waals surface area contributed by atoms with Gasteiger partial charge in [-0.3, -0.25) is 0 Å². The van der Waals surface area contributed by atoms with E-state index in [4.69, 9.17) is 4.74 Å². The molecule has 0 unspecified atom stereocenters. The Hall–Kier alpha value is -0.830. The molecule has 0 aliphatic carbocycles. The highest BCUT2D eigenvalue weighted by molar-refractivity contribution is 7.12. The summed E-state index contributed by atoms with van der Waals surface area (Å²) in [5.74, 6) is -0.216. The number of rotatable bonds is 10. The molecular formula is C16H26O2S. The van der Waals surface area contributed by atoms with Gasteiger partial charge in [0.1, 0.15) is 4.88 Å². The summed E-state index contributed by atoms with van der Waals surface area (Å²) in [5, 5.41) is 2.08. The van der Waals surface area contributed by atoms with Crippen molar-refractivity contribution in [2.45, 2.75) is 64.7 Å². The Labute approximate surface area is 121 Å². The van der Waals surface area contributed by atoms with E-state index in [1.165, 1.54) is 75.4 Å². The van der Waals surface area contributed by atoms with Gasteiger partial charge in [0, 0.05) is 0 Å². The van der Waals surface area contributed by atoms with E-state index in [0.717, 1.165) is 11.3 Å². The maximum absolute atomic E-state index is 11.3. The Morgan fingerprint density at radius 3 is 2.37 bits per heavy atom. The fourth-order valence-corrected chi connectivity index (χ4v) is 3.04. The summed E-state index contributed by atoms with van der Waals surface area (Å²) in [6.45, 7) is 2.25. The highest BCUT2D eigenvalue weighted by atomic mass is 32.1. The molecule has 0 radical (unpaired) electrons. The van der Waals surface area contributed by atoms with Crippen LogP contribution in [0.5, 0.6) is 0 Å². The van der Waals surface area contributed by atoms with Crippen molar-refractivity contribution < 1.29 is 9.53 Å². The van der Waals surface area contributed by atoms with Gasteiger partial charge in [-0.15, -0.1) is 11.3 Å². The van der Waals surface area contributed by atoms with Gasteiger partial charge in [0.05, 0.1) is 7.11 Å². The van der Waals surface area contributed by atoms with Crippen molar-refractivity contribution in [3.8, 4) is 0 Å². The van der Waals surface area contributed by atoms with Crippen molar-refractivity contribution in [2.24, 2.45) is 0 Å². The van der Waals surface area contributed by atoms with Gasteiger partial charge in [-0.25, -0.2) is 4.79 Å². The topological polar surface area (TPSA) is 26.3 Å². The summed E-state index contributed by atoms with van der Waals surface area (Å²) >= 11 is 1.49. The van der Waals surface area contributed by atoms with Crippen LogP contribution in [-0.2, 0) is 11.2 Å². The molecule has 1 aromatic rings. The average Bonchev–Trinajstić information content (AvgIpc) is 2.89. The average molecular weight is 282 g/mol. The maximum Gasteiger partial charge on any atom is 0.348 e. The fourth-order valence-electron chi connectivity index (χ4n) is 2.18. The Balaban J connectivity index is 2.06. The first-order chi connectivity index (χ1) is 9.27. The molecule has 0 aromatic carbocycles. The lowest BCUT2D eigenvalue weighted by Gasteiger charge is -2.00. The first-order valence-corrected chi connectivity index (χ1v) is 8.31. The number of hydrogen-bond donors (Lipinski definition) is 0. The molecule has 0 amide bonds. The molecule has 0 saturated carbocycles. The number of esters is 1. The normalized spacial score (nSPS) is 10.6. The Morgan fingerprint density at radius 1 is 1.11 bits per heavy atom. The smallest absolute Gasteiger partial charge is 0.348 e. The van der Waals surface area contributed by atoms with Crippen LogP contribution in [0.3, 0.4) is 0 Å². The van der Waals surface area contributed by atoms with Crippen LogP contribution >= 0.6 is 11.3 Å². The second kappa shape index (κ2) is 10.0. The minimum atomic E-state index is -0.216. The molecular weight excluding hydrogens is 256 g/mol. The summed E-state index contributed by atoms with van der Waals surface area (Å²) < 4.78 is 4.71. The van der Waals surface area contributed by atoms with Crippen LogP contribution in [0.25, 0.3) is 0 Å². The van der Waals surface area contributed by atoms with Gasteiger partial charge in [-0.2, -0.15) is 0 Å². The number of ether oxygens (including phenoxy) is 1. The highest BCUT2D eigenvalue weighted by Crippen LogP contribution is 2.18. The van der Waals surface area contributed by atoms with Crippen LogP contribution in [0.15, 0.2) is 11.4 Å². The first-order valence-electron chi connectivity index (χ1n) is 7.43. The van der Waals surface area contributed by atoms with Crippen LogP contribution in [0, 0.1) is 0 Å². The van der Waals surface area contributed by atoms with E-state index in [9.17, 15) is 4.79 Å². The SMILES string of the molecule is CCCCCCCCCCc1csc(C(=O)OC)c1. The van der Waals surface area contributed by atoms with Gasteiger partial charge in [0.2, 0.25) is 0 Å². The Kier molecular flexibility index (Phi) is 8.55. The lowest BCUT2D eigenvalue weighted by atomic mass is 10.1. The van der Waals surface area contributed by atoms with Gasteiger partial charge < -0.3 is 4.74 Å². The molecule has 19 heavy (non-hydrogen) atoms. The second-order valence-corrected chi connectivity index (χ2v) is 5.95. The summed E-state index contributed by atoms with van der Waals surface area (Å²) in [7, 11) is 1.43. The van der Waals surface area contributed by atoms with E-state index in [1.807, 2.05) is 6.07 Å². The number of carbonyl (C=O) groups excluding carboxylic acids is 1. The van der Waals surface area contributed by atoms with Crippen molar-refractivity contribution in [2.75, 3.05) is 7.11 Å². The number of unbranched alkanes of at least 4 members (excludes halogenated alkanes) is 7. The molecule has 1 rings (SSSR count). The van der Waals surface area contributed by atoms with Gasteiger partial charge in [0.15, 0.2) is 0 Å². The minimum absolute atomic E-state index is 0.216. The van der Waals surface area contributed by atoms with Crippen LogP contribution < -0.4 is 0 Å². The number of carbonyl (C=O) groups is 1. The largest absolute Gasteiger partial charge is 0.465 e. The zero-order valence-electron chi connectivity index (χ0n) is 12.2. The number of thiophene rings is 1. The molecule has 0 aliphatic rings. The molecule has 1 aromatic heterocycles. The Bertz CT molecular complexity index is 357. The molecule has 0 aliphatic heterocycles. The third-order valence-corrected chi connectivity index (χ3v) is 4.32. The third-order valence-electron chi connectivity index (χ3n) is 3.36.